The molecule has 0 aliphatic rings. The normalized spacial score (nSPS) is 13.0. The SMILES string of the molecule is COc1cc(OC)cc(S(=O)(=O)NC(C(=O)O)C(C)C)c1. The maximum absolute atomic E-state index is 12.3. The molecule has 0 saturated heterocycles. The van der Waals surface area contributed by atoms with Gasteiger partial charge in [-0.1, -0.05) is 13.8 Å². The summed E-state index contributed by atoms with van der Waals surface area (Å²) < 4.78 is 36.8. The fourth-order valence-corrected chi connectivity index (χ4v) is 3.03. The summed E-state index contributed by atoms with van der Waals surface area (Å²) in [4.78, 5) is 11.0. The average molecular weight is 317 g/mol. The number of benzene rings is 1. The number of carboxylic acid groups (broad SMARTS) is 1. The van der Waals surface area contributed by atoms with Crippen molar-refractivity contribution < 1.29 is 27.8 Å². The summed E-state index contributed by atoms with van der Waals surface area (Å²) in [5, 5.41) is 9.08. The van der Waals surface area contributed by atoms with Crippen LogP contribution in [0.3, 0.4) is 0 Å². The highest BCUT2D eigenvalue weighted by atomic mass is 32.2. The fraction of sp³-hybridized carbons (Fsp3) is 0.462. The van der Waals surface area contributed by atoms with E-state index in [1.165, 1.54) is 32.4 Å². The van der Waals surface area contributed by atoms with Gasteiger partial charge in [0.1, 0.15) is 17.5 Å². The van der Waals surface area contributed by atoms with Gasteiger partial charge in [-0.05, 0) is 5.92 Å². The third-order valence-corrected chi connectivity index (χ3v) is 4.27. The van der Waals surface area contributed by atoms with Crippen molar-refractivity contribution in [2.45, 2.75) is 24.8 Å². The molecule has 8 heteroatoms. The first-order chi connectivity index (χ1) is 9.71. The number of carbonyl (C=O) groups is 1. The van der Waals surface area contributed by atoms with Crippen molar-refractivity contribution in [2.75, 3.05) is 14.2 Å². The number of methoxy groups -OCH3 is 2. The number of aliphatic carboxylic acids is 1. The summed E-state index contributed by atoms with van der Waals surface area (Å²) in [6.07, 6.45) is 0. The maximum atomic E-state index is 12.3. The van der Waals surface area contributed by atoms with E-state index in [-0.39, 0.29) is 4.90 Å². The molecule has 0 saturated carbocycles. The number of sulfonamides is 1. The van der Waals surface area contributed by atoms with Crippen molar-refractivity contribution in [1.29, 1.82) is 0 Å². The van der Waals surface area contributed by atoms with Crippen molar-refractivity contribution in [3.63, 3.8) is 0 Å². The van der Waals surface area contributed by atoms with Crippen LogP contribution < -0.4 is 14.2 Å². The molecule has 2 N–H and O–H groups in total. The Balaban J connectivity index is 3.21. The van der Waals surface area contributed by atoms with E-state index in [4.69, 9.17) is 14.6 Å². The van der Waals surface area contributed by atoms with Gasteiger partial charge in [0.15, 0.2) is 0 Å². The zero-order valence-electron chi connectivity index (χ0n) is 12.3. The molecule has 1 rings (SSSR count). The molecular formula is C13H19NO6S. The first-order valence-electron chi connectivity index (χ1n) is 6.19. The van der Waals surface area contributed by atoms with E-state index in [2.05, 4.69) is 4.72 Å². The van der Waals surface area contributed by atoms with Gasteiger partial charge in [-0.15, -0.1) is 0 Å². The largest absolute Gasteiger partial charge is 0.497 e. The Hall–Kier alpha value is -1.80. The topological polar surface area (TPSA) is 102 Å². The number of hydrogen-bond donors (Lipinski definition) is 2. The molecule has 118 valence electrons. The highest BCUT2D eigenvalue weighted by Crippen LogP contribution is 2.25. The molecular weight excluding hydrogens is 298 g/mol. The van der Waals surface area contributed by atoms with Crippen LogP contribution in [-0.2, 0) is 14.8 Å². The van der Waals surface area contributed by atoms with Crippen LogP contribution in [0.5, 0.6) is 11.5 Å². The molecule has 0 aliphatic carbocycles. The summed E-state index contributed by atoms with van der Waals surface area (Å²) in [6.45, 7) is 3.24. The van der Waals surface area contributed by atoms with Crippen LogP contribution in [0.15, 0.2) is 23.1 Å². The van der Waals surface area contributed by atoms with Crippen molar-refractivity contribution in [3.05, 3.63) is 18.2 Å². The maximum Gasteiger partial charge on any atom is 0.322 e. The van der Waals surface area contributed by atoms with E-state index in [9.17, 15) is 13.2 Å². The summed E-state index contributed by atoms with van der Waals surface area (Å²) in [6, 6.07) is 2.90. The summed E-state index contributed by atoms with van der Waals surface area (Å²) in [5.41, 5.74) is 0. The van der Waals surface area contributed by atoms with Gasteiger partial charge in [-0.2, -0.15) is 4.72 Å². The minimum Gasteiger partial charge on any atom is -0.497 e. The zero-order valence-corrected chi connectivity index (χ0v) is 13.1. The number of ether oxygens (including phenoxy) is 2. The van der Waals surface area contributed by atoms with E-state index in [1.54, 1.807) is 13.8 Å². The standard InChI is InChI=1S/C13H19NO6S/c1-8(2)12(13(15)16)14-21(17,18)11-6-9(19-3)5-10(7-11)20-4/h5-8,12,14H,1-4H3,(H,15,16). The second-order valence-corrected chi connectivity index (χ2v) is 6.44. The van der Waals surface area contributed by atoms with Crippen molar-refractivity contribution in [2.24, 2.45) is 5.92 Å². The first kappa shape index (κ1) is 17.3. The Bertz CT molecular complexity index is 589. The Morgan fingerprint density at radius 2 is 1.62 bits per heavy atom. The molecule has 0 amide bonds. The highest BCUT2D eigenvalue weighted by molar-refractivity contribution is 7.89. The van der Waals surface area contributed by atoms with Gasteiger partial charge in [0.05, 0.1) is 19.1 Å². The molecule has 0 spiro atoms. The highest BCUT2D eigenvalue weighted by Gasteiger charge is 2.28. The number of hydrogen-bond acceptors (Lipinski definition) is 5. The van der Waals surface area contributed by atoms with E-state index >= 15 is 0 Å². The van der Waals surface area contributed by atoms with Gasteiger partial charge in [-0.3, -0.25) is 4.79 Å². The molecule has 1 atom stereocenters. The average Bonchev–Trinajstić information content (AvgIpc) is 2.43. The van der Waals surface area contributed by atoms with Gasteiger partial charge >= 0.3 is 5.97 Å². The molecule has 0 fully saturated rings. The van der Waals surface area contributed by atoms with Crippen molar-refractivity contribution in [3.8, 4) is 11.5 Å². The monoisotopic (exact) mass is 317 g/mol. The lowest BCUT2D eigenvalue weighted by molar-refractivity contribution is -0.140. The van der Waals surface area contributed by atoms with Crippen LogP contribution in [0, 0.1) is 5.92 Å². The molecule has 7 nitrogen and oxygen atoms in total. The van der Waals surface area contributed by atoms with Crippen molar-refractivity contribution in [1.82, 2.24) is 4.72 Å². The number of rotatable bonds is 7. The van der Waals surface area contributed by atoms with E-state index in [1.807, 2.05) is 0 Å². The lowest BCUT2D eigenvalue weighted by Crippen LogP contribution is -2.44. The van der Waals surface area contributed by atoms with Crippen LogP contribution in [0.1, 0.15) is 13.8 Å². The first-order valence-corrected chi connectivity index (χ1v) is 7.67. The lowest BCUT2D eigenvalue weighted by atomic mass is 10.1. The quantitative estimate of drug-likeness (QED) is 0.780. The van der Waals surface area contributed by atoms with Crippen molar-refractivity contribution >= 4 is 16.0 Å². The van der Waals surface area contributed by atoms with Crippen LogP contribution in [0.25, 0.3) is 0 Å². The second-order valence-electron chi connectivity index (χ2n) is 4.73. The third kappa shape index (κ3) is 4.33. The predicted octanol–water partition coefficient (Wildman–Crippen LogP) is 1.09. The molecule has 0 aliphatic heterocycles. The Morgan fingerprint density at radius 1 is 1.14 bits per heavy atom. The molecule has 0 radical (unpaired) electrons. The van der Waals surface area contributed by atoms with Gasteiger partial charge in [-0.25, -0.2) is 8.42 Å². The van der Waals surface area contributed by atoms with E-state index in [0.717, 1.165) is 0 Å². The minimum atomic E-state index is -4.01. The van der Waals surface area contributed by atoms with Crippen LogP contribution in [-0.4, -0.2) is 39.8 Å². The number of nitrogens with one attached hydrogen (secondary N) is 1. The predicted molar refractivity (Wildman–Crippen MR) is 76.1 cm³/mol. The molecule has 1 aromatic rings. The fourth-order valence-electron chi connectivity index (χ4n) is 1.64. The Labute approximate surface area is 123 Å². The van der Waals surface area contributed by atoms with Gasteiger partial charge < -0.3 is 14.6 Å². The Morgan fingerprint density at radius 3 is 1.95 bits per heavy atom. The lowest BCUT2D eigenvalue weighted by Gasteiger charge is -2.18. The van der Waals surface area contributed by atoms with E-state index in [0.29, 0.717) is 11.5 Å². The molecule has 1 aromatic carbocycles. The second kappa shape index (κ2) is 6.77. The molecule has 21 heavy (non-hydrogen) atoms. The number of carboxylic acids is 1. The van der Waals surface area contributed by atoms with Gasteiger partial charge in [0.2, 0.25) is 10.0 Å². The van der Waals surface area contributed by atoms with Crippen LogP contribution in [0.4, 0.5) is 0 Å². The summed E-state index contributed by atoms with van der Waals surface area (Å²) in [5.74, 6) is -1.04. The van der Waals surface area contributed by atoms with E-state index < -0.39 is 28.0 Å². The molecule has 0 aromatic heterocycles. The summed E-state index contributed by atoms with van der Waals surface area (Å²) in [7, 11) is -1.21. The van der Waals surface area contributed by atoms with Crippen LogP contribution in [0.2, 0.25) is 0 Å². The molecule has 0 bridgehead atoms. The molecule has 0 heterocycles. The Kier molecular flexibility index (Phi) is 5.56. The van der Waals surface area contributed by atoms with Gasteiger partial charge in [0.25, 0.3) is 0 Å². The smallest absolute Gasteiger partial charge is 0.322 e. The zero-order chi connectivity index (χ0) is 16.2. The summed E-state index contributed by atoms with van der Waals surface area (Å²) >= 11 is 0. The third-order valence-electron chi connectivity index (χ3n) is 2.85. The van der Waals surface area contributed by atoms with Crippen LogP contribution >= 0.6 is 0 Å². The van der Waals surface area contributed by atoms with Gasteiger partial charge in [0, 0.05) is 18.2 Å². The minimum absolute atomic E-state index is 0.120. The molecule has 1 unspecified atom stereocenters.